The highest BCUT2D eigenvalue weighted by atomic mass is 35.5. The zero-order valence-corrected chi connectivity index (χ0v) is 27.0. The lowest BCUT2D eigenvalue weighted by molar-refractivity contribution is -0.134. The van der Waals surface area contributed by atoms with Gasteiger partial charge < -0.3 is 16.0 Å². The van der Waals surface area contributed by atoms with E-state index in [2.05, 4.69) is 50.3 Å². The number of hydrogen-bond donors (Lipinski definition) is 3. The molecule has 1 aliphatic carbocycles. The van der Waals surface area contributed by atoms with Crippen molar-refractivity contribution >= 4 is 46.6 Å². The van der Waals surface area contributed by atoms with E-state index in [0.717, 1.165) is 44.1 Å². The van der Waals surface area contributed by atoms with Gasteiger partial charge in [-0.15, -0.1) is 5.10 Å². The summed E-state index contributed by atoms with van der Waals surface area (Å²) < 4.78 is 0. The molecule has 2 aliphatic rings. The number of nitrogens with zero attached hydrogens (tertiary/aromatic N) is 4. The van der Waals surface area contributed by atoms with Crippen molar-refractivity contribution < 1.29 is 9.59 Å². The molecular formula is C32H41Cl2N7O2. The first-order valence-corrected chi connectivity index (χ1v) is 15.4. The standard InChI is InChI=1S/C32H41Cl2N7O2/c1-30(2,3)11-10-25(20-6-8-21(9-7-20)28(42)37-19-26(35)39-40-36)41-29(43)27(22-16-23(33)18-24(34)17-22)38-32(41)14-12-31(4,5)13-15-32/h6-9,16-18,25H,10-15,19H2,1-5H3,(H,37,42)(H3,35,36,39). The molecule has 2 amide bonds. The van der Waals surface area contributed by atoms with Crippen LogP contribution in [-0.4, -0.2) is 40.5 Å². The molecule has 2 aromatic rings. The molecular weight excluding hydrogens is 585 g/mol. The van der Waals surface area contributed by atoms with Crippen molar-refractivity contribution in [3.63, 3.8) is 0 Å². The summed E-state index contributed by atoms with van der Waals surface area (Å²) in [5, 5.41) is 9.89. The summed E-state index contributed by atoms with van der Waals surface area (Å²) in [4.78, 5) is 34.5. The summed E-state index contributed by atoms with van der Waals surface area (Å²) >= 11 is 12.7. The Labute approximate surface area is 263 Å². The molecule has 0 aromatic heterocycles. The van der Waals surface area contributed by atoms with Gasteiger partial charge in [-0.2, -0.15) is 5.53 Å². The van der Waals surface area contributed by atoms with Crippen LogP contribution in [0.3, 0.4) is 0 Å². The third-order valence-electron chi connectivity index (χ3n) is 8.38. The number of amides is 2. The number of nitrogens with one attached hydrogen (secondary N) is 2. The van der Waals surface area contributed by atoms with Gasteiger partial charge in [0.25, 0.3) is 11.8 Å². The second-order valence-corrected chi connectivity index (χ2v) is 14.4. The van der Waals surface area contributed by atoms with Gasteiger partial charge in [0.1, 0.15) is 17.2 Å². The average Bonchev–Trinajstić information content (AvgIpc) is 3.20. The van der Waals surface area contributed by atoms with Gasteiger partial charge in [0.2, 0.25) is 0 Å². The Kier molecular flexibility index (Phi) is 9.66. The fraction of sp³-hybridized carbons (Fsp3) is 0.500. The van der Waals surface area contributed by atoms with Gasteiger partial charge in [0, 0.05) is 21.2 Å². The largest absolute Gasteiger partial charge is 0.384 e. The van der Waals surface area contributed by atoms with Crippen LogP contribution < -0.4 is 11.1 Å². The number of nitrogens with two attached hydrogens (primary N) is 1. The molecule has 43 heavy (non-hydrogen) atoms. The number of hydrogen-bond acceptors (Lipinski definition) is 5. The molecule has 1 spiro atoms. The Morgan fingerprint density at radius 3 is 2.26 bits per heavy atom. The average molecular weight is 627 g/mol. The number of amidine groups is 1. The van der Waals surface area contributed by atoms with Gasteiger partial charge >= 0.3 is 0 Å². The number of aliphatic imine (C=N–C) groups is 1. The molecule has 1 saturated carbocycles. The van der Waals surface area contributed by atoms with Crippen LogP contribution in [0.15, 0.2) is 57.8 Å². The Morgan fingerprint density at radius 2 is 1.70 bits per heavy atom. The van der Waals surface area contributed by atoms with Crippen LogP contribution in [0.25, 0.3) is 0 Å². The normalized spacial score (nSPS) is 18.9. The fourth-order valence-electron chi connectivity index (χ4n) is 5.85. The molecule has 4 N–H and O–H groups in total. The van der Waals surface area contributed by atoms with E-state index in [4.69, 9.17) is 39.5 Å². The third-order valence-corrected chi connectivity index (χ3v) is 8.81. The predicted octanol–water partition coefficient (Wildman–Crippen LogP) is 7.52. The maximum absolute atomic E-state index is 14.5. The fourth-order valence-corrected chi connectivity index (χ4v) is 6.37. The molecule has 11 heteroatoms. The molecule has 0 saturated heterocycles. The first-order valence-electron chi connectivity index (χ1n) is 14.6. The first-order chi connectivity index (χ1) is 20.1. The van der Waals surface area contributed by atoms with Crippen LogP contribution in [0.4, 0.5) is 0 Å². The van der Waals surface area contributed by atoms with E-state index in [1.807, 2.05) is 17.0 Å². The van der Waals surface area contributed by atoms with Crippen molar-refractivity contribution in [1.82, 2.24) is 10.2 Å². The molecule has 1 aliphatic heterocycles. The van der Waals surface area contributed by atoms with Gasteiger partial charge in [-0.1, -0.05) is 75.2 Å². The highest BCUT2D eigenvalue weighted by molar-refractivity contribution is 6.47. The molecule has 9 nitrogen and oxygen atoms in total. The van der Waals surface area contributed by atoms with E-state index in [-0.39, 0.29) is 41.1 Å². The molecule has 0 radical (unpaired) electrons. The van der Waals surface area contributed by atoms with Crippen LogP contribution in [0.5, 0.6) is 0 Å². The van der Waals surface area contributed by atoms with Crippen molar-refractivity contribution in [3.05, 3.63) is 69.2 Å². The van der Waals surface area contributed by atoms with E-state index >= 15 is 0 Å². The van der Waals surface area contributed by atoms with E-state index < -0.39 is 5.66 Å². The summed E-state index contributed by atoms with van der Waals surface area (Å²) in [5.74, 6) is -0.423. The van der Waals surface area contributed by atoms with E-state index in [1.165, 1.54) is 0 Å². The highest BCUT2D eigenvalue weighted by Gasteiger charge is 2.53. The second kappa shape index (κ2) is 12.7. The Morgan fingerprint density at radius 1 is 1.09 bits per heavy atom. The molecule has 1 fully saturated rings. The summed E-state index contributed by atoms with van der Waals surface area (Å²) in [7, 11) is 0. The van der Waals surface area contributed by atoms with E-state index in [0.29, 0.717) is 26.9 Å². The van der Waals surface area contributed by atoms with Gasteiger partial charge in [-0.25, -0.2) is 0 Å². The zero-order valence-electron chi connectivity index (χ0n) is 25.5. The van der Waals surface area contributed by atoms with Crippen LogP contribution in [0.1, 0.15) is 101 Å². The Balaban J connectivity index is 1.73. The zero-order chi connectivity index (χ0) is 31.6. The maximum atomic E-state index is 14.5. The molecule has 1 atom stereocenters. The number of benzene rings is 2. The molecule has 1 unspecified atom stereocenters. The van der Waals surface area contributed by atoms with Crippen molar-refractivity contribution in [1.29, 1.82) is 5.53 Å². The van der Waals surface area contributed by atoms with E-state index in [9.17, 15) is 9.59 Å². The van der Waals surface area contributed by atoms with Gasteiger partial charge in [0.05, 0.1) is 12.6 Å². The minimum absolute atomic E-state index is 0.0219. The monoisotopic (exact) mass is 625 g/mol. The molecule has 1 heterocycles. The second-order valence-electron chi connectivity index (χ2n) is 13.6. The summed E-state index contributed by atoms with van der Waals surface area (Å²) in [6.45, 7) is 11.1. The lowest BCUT2D eigenvalue weighted by atomic mass is 9.72. The van der Waals surface area contributed by atoms with Crippen LogP contribution in [0.2, 0.25) is 10.0 Å². The molecule has 230 valence electrons. The topological polar surface area (TPSA) is 136 Å². The quantitative estimate of drug-likeness (QED) is 0.115. The number of carbonyl (C=O) groups is 2. The lowest BCUT2D eigenvalue weighted by Gasteiger charge is -2.47. The highest BCUT2D eigenvalue weighted by Crippen LogP contribution is 2.50. The Hall–Kier alpha value is -3.30. The van der Waals surface area contributed by atoms with Crippen molar-refractivity contribution in [2.75, 3.05) is 6.54 Å². The van der Waals surface area contributed by atoms with Gasteiger partial charge in [-0.3, -0.25) is 14.6 Å². The first kappa shape index (κ1) is 32.6. The van der Waals surface area contributed by atoms with E-state index in [1.54, 1.807) is 30.3 Å². The van der Waals surface area contributed by atoms with Crippen LogP contribution >= 0.6 is 23.2 Å². The minimum Gasteiger partial charge on any atom is -0.384 e. The Bertz CT molecular complexity index is 1410. The third kappa shape index (κ3) is 7.81. The number of halogens is 2. The summed E-state index contributed by atoms with van der Waals surface area (Å²) in [5.41, 5.74) is 14.3. The number of rotatable bonds is 9. The molecule has 4 rings (SSSR count). The summed E-state index contributed by atoms with van der Waals surface area (Å²) in [6, 6.07) is 12.2. The predicted molar refractivity (Wildman–Crippen MR) is 172 cm³/mol. The molecule has 0 bridgehead atoms. The van der Waals surface area contributed by atoms with Crippen LogP contribution in [-0.2, 0) is 4.79 Å². The lowest BCUT2D eigenvalue weighted by Crippen LogP contribution is -2.51. The van der Waals surface area contributed by atoms with Crippen molar-refractivity contribution in [2.24, 2.45) is 31.9 Å². The van der Waals surface area contributed by atoms with Crippen molar-refractivity contribution in [3.8, 4) is 0 Å². The smallest absolute Gasteiger partial charge is 0.275 e. The van der Waals surface area contributed by atoms with Crippen molar-refractivity contribution in [2.45, 2.75) is 84.8 Å². The molecule has 2 aromatic carbocycles. The van der Waals surface area contributed by atoms with Gasteiger partial charge in [-0.05, 0) is 85.3 Å². The number of carbonyl (C=O) groups excluding carboxylic acids is 2. The SMILES string of the molecule is CC(C)(C)CCC(c1ccc(C(=O)NCC(N)=NN=N)cc1)N1C(=O)C(c2cc(Cl)cc(Cl)c2)=NC12CCC(C)(C)CC2. The maximum Gasteiger partial charge on any atom is 0.275 e. The summed E-state index contributed by atoms with van der Waals surface area (Å²) in [6.07, 6.45) is 4.99. The van der Waals surface area contributed by atoms with Gasteiger partial charge in [0.15, 0.2) is 0 Å². The van der Waals surface area contributed by atoms with Crippen LogP contribution in [0, 0.1) is 16.4 Å². The minimum atomic E-state index is -0.685.